The molecule has 0 unspecified atom stereocenters. The molecule has 0 heterocycles. The Morgan fingerprint density at radius 2 is 1.82 bits per heavy atom. The first-order valence-corrected chi connectivity index (χ1v) is 4.23. The predicted molar refractivity (Wildman–Crippen MR) is 41.7 cm³/mol. The first kappa shape index (κ1) is 8.95. The van der Waals surface area contributed by atoms with Crippen molar-refractivity contribution in [2.45, 2.75) is 46.0 Å². The van der Waals surface area contributed by atoms with Crippen LogP contribution in [0.15, 0.2) is 0 Å². The van der Waals surface area contributed by atoms with Crippen LogP contribution in [0.3, 0.4) is 0 Å². The summed E-state index contributed by atoms with van der Waals surface area (Å²) in [6, 6.07) is 0. The summed E-state index contributed by atoms with van der Waals surface area (Å²) in [5.74, 6) is -2.26. The summed E-state index contributed by atoms with van der Waals surface area (Å²) < 4.78 is 26.5. The Bertz CT molecular complexity index is 150. The van der Waals surface area contributed by atoms with Gasteiger partial charge in [-0.2, -0.15) is 0 Å². The van der Waals surface area contributed by atoms with Gasteiger partial charge in [-0.1, -0.05) is 20.8 Å². The summed E-state index contributed by atoms with van der Waals surface area (Å²) >= 11 is 0. The van der Waals surface area contributed by atoms with Crippen molar-refractivity contribution < 1.29 is 8.78 Å². The van der Waals surface area contributed by atoms with E-state index in [0.717, 1.165) is 6.42 Å². The lowest BCUT2D eigenvalue weighted by Crippen LogP contribution is -2.41. The third kappa shape index (κ3) is 1.54. The van der Waals surface area contributed by atoms with Gasteiger partial charge in [0.05, 0.1) is 0 Å². The third-order valence-corrected chi connectivity index (χ3v) is 2.86. The van der Waals surface area contributed by atoms with Gasteiger partial charge in [-0.05, 0) is 18.8 Å². The van der Waals surface area contributed by atoms with Gasteiger partial charge in [0.15, 0.2) is 0 Å². The first-order valence-electron chi connectivity index (χ1n) is 4.23. The lowest BCUT2D eigenvalue weighted by molar-refractivity contribution is -0.144. The molecular formula is C9H16F2. The average molecular weight is 162 g/mol. The lowest BCUT2D eigenvalue weighted by Gasteiger charge is -2.40. The van der Waals surface area contributed by atoms with Gasteiger partial charge in [-0.3, -0.25) is 0 Å². The minimum Gasteiger partial charge on any atom is -0.206 e. The monoisotopic (exact) mass is 162 g/mol. The highest BCUT2D eigenvalue weighted by molar-refractivity contribution is 4.91. The molecule has 1 fully saturated rings. The second-order valence-electron chi connectivity index (χ2n) is 4.44. The van der Waals surface area contributed by atoms with E-state index in [1.54, 1.807) is 13.8 Å². The number of halogens is 2. The molecule has 0 bridgehead atoms. The van der Waals surface area contributed by atoms with Crippen LogP contribution in [0.5, 0.6) is 0 Å². The van der Waals surface area contributed by atoms with Gasteiger partial charge in [0.1, 0.15) is 0 Å². The molecule has 1 aliphatic rings. The zero-order valence-electron chi connectivity index (χ0n) is 7.45. The Hall–Kier alpha value is -0.140. The fourth-order valence-corrected chi connectivity index (χ4v) is 1.61. The molecule has 1 rings (SSSR count). The Kier molecular flexibility index (Phi) is 1.97. The smallest absolute Gasteiger partial charge is 0.206 e. The van der Waals surface area contributed by atoms with E-state index >= 15 is 0 Å². The summed E-state index contributed by atoms with van der Waals surface area (Å²) in [5.41, 5.74) is -0.778. The van der Waals surface area contributed by atoms with Crippen molar-refractivity contribution in [3.63, 3.8) is 0 Å². The van der Waals surface area contributed by atoms with Crippen molar-refractivity contribution in [3.05, 3.63) is 0 Å². The Labute approximate surface area is 67.0 Å². The van der Waals surface area contributed by atoms with Crippen LogP contribution in [0, 0.1) is 11.3 Å². The molecule has 0 amide bonds. The molecule has 0 aromatic carbocycles. The largest absolute Gasteiger partial charge is 0.253 e. The predicted octanol–water partition coefficient (Wildman–Crippen LogP) is 3.47. The van der Waals surface area contributed by atoms with E-state index in [4.69, 9.17) is 0 Å². The molecule has 66 valence electrons. The van der Waals surface area contributed by atoms with Gasteiger partial charge in [0.2, 0.25) is 0 Å². The summed E-state index contributed by atoms with van der Waals surface area (Å²) in [5, 5.41) is 0. The molecule has 0 saturated heterocycles. The van der Waals surface area contributed by atoms with Crippen LogP contribution in [0.2, 0.25) is 0 Å². The zero-order chi connectivity index (χ0) is 8.70. The topological polar surface area (TPSA) is 0 Å². The van der Waals surface area contributed by atoms with Crippen molar-refractivity contribution in [2.24, 2.45) is 11.3 Å². The van der Waals surface area contributed by atoms with Gasteiger partial charge in [-0.25, -0.2) is 8.78 Å². The van der Waals surface area contributed by atoms with E-state index in [0.29, 0.717) is 6.42 Å². The van der Waals surface area contributed by atoms with Crippen LogP contribution in [0.1, 0.15) is 40.0 Å². The SMILES string of the molecule is C[C@@H]1CCC(C)(C)C(F)(F)C1. The molecule has 1 saturated carbocycles. The van der Waals surface area contributed by atoms with Crippen LogP contribution < -0.4 is 0 Å². The fraction of sp³-hybridized carbons (Fsp3) is 1.00. The summed E-state index contributed by atoms with van der Waals surface area (Å²) in [7, 11) is 0. The summed E-state index contributed by atoms with van der Waals surface area (Å²) in [6.07, 6.45) is 1.67. The average Bonchev–Trinajstić information content (AvgIpc) is 1.80. The van der Waals surface area contributed by atoms with Gasteiger partial charge in [0.25, 0.3) is 5.92 Å². The molecule has 11 heavy (non-hydrogen) atoms. The first-order chi connectivity index (χ1) is 4.85. The lowest BCUT2D eigenvalue weighted by atomic mass is 9.70. The number of rotatable bonds is 0. The van der Waals surface area contributed by atoms with Crippen LogP contribution in [0.4, 0.5) is 8.78 Å². The van der Waals surface area contributed by atoms with Gasteiger partial charge < -0.3 is 0 Å². The number of alkyl halides is 2. The highest BCUT2D eigenvalue weighted by atomic mass is 19.3. The molecular weight excluding hydrogens is 146 g/mol. The normalized spacial score (nSPS) is 35.2. The number of hydrogen-bond acceptors (Lipinski definition) is 0. The Balaban J connectivity index is 2.72. The minimum absolute atomic E-state index is 0.0694. The summed E-state index contributed by atoms with van der Waals surface area (Å²) in [6.45, 7) is 5.24. The van der Waals surface area contributed by atoms with Crippen molar-refractivity contribution in [1.29, 1.82) is 0 Å². The van der Waals surface area contributed by atoms with Gasteiger partial charge >= 0.3 is 0 Å². The van der Waals surface area contributed by atoms with E-state index in [9.17, 15) is 8.78 Å². The molecule has 0 nitrogen and oxygen atoms in total. The molecule has 0 aromatic heterocycles. The molecule has 1 atom stereocenters. The van der Waals surface area contributed by atoms with E-state index in [1.165, 1.54) is 0 Å². The molecule has 0 spiro atoms. The van der Waals surface area contributed by atoms with Crippen LogP contribution in [0.25, 0.3) is 0 Å². The van der Waals surface area contributed by atoms with Crippen LogP contribution in [-0.2, 0) is 0 Å². The maximum absolute atomic E-state index is 13.2. The van der Waals surface area contributed by atoms with Gasteiger partial charge in [0, 0.05) is 11.8 Å². The van der Waals surface area contributed by atoms with E-state index in [-0.39, 0.29) is 12.3 Å². The fourth-order valence-electron chi connectivity index (χ4n) is 1.61. The maximum Gasteiger partial charge on any atom is 0.253 e. The second-order valence-corrected chi connectivity index (χ2v) is 4.44. The quantitative estimate of drug-likeness (QED) is 0.511. The highest BCUT2D eigenvalue weighted by Gasteiger charge is 2.49. The molecule has 0 N–H and O–H groups in total. The second kappa shape index (κ2) is 2.43. The van der Waals surface area contributed by atoms with Crippen LogP contribution >= 0.6 is 0 Å². The van der Waals surface area contributed by atoms with Crippen molar-refractivity contribution in [2.75, 3.05) is 0 Å². The zero-order valence-corrected chi connectivity index (χ0v) is 7.45. The van der Waals surface area contributed by atoms with E-state index in [1.807, 2.05) is 6.92 Å². The Morgan fingerprint density at radius 3 is 2.18 bits per heavy atom. The van der Waals surface area contributed by atoms with E-state index < -0.39 is 11.3 Å². The maximum atomic E-state index is 13.2. The number of hydrogen-bond donors (Lipinski definition) is 0. The molecule has 0 aromatic rings. The van der Waals surface area contributed by atoms with E-state index in [2.05, 4.69) is 0 Å². The standard InChI is InChI=1S/C9H16F2/c1-7-4-5-8(2,3)9(10,11)6-7/h7H,4-6H2,1-3H3/t7-/m1/s1. The Morgan fingerprint density at radius 1 is 1.27 bits per heavy atom. The minimum atomic E-state index is -2.45. The third-order valence-electron chi connectivity index (χ3n) is 2.86. The van der Waals surface area contributed by atoms with Crippen molar-refractivity contribution in [3.8, 4) is 0 Å². The molecule has 1 aliphatic carbocycles. The summed E-state index contributed by atoms with van der Waals surface area (Å²) in [4.78, 5) is 0. The van der Waals surface area contributed by atoms with Crippen molar-refractivity contribution in [1.82, 2.24) is 0 Å². The molecule has 0 aliphatic heterocycles. The van der Waals surface area contributed by atoms with Crippen molar-refractivity contribution >= 4 is 0 Å². The molecule has 2 heteroatoms. The van der Waals surface area contributed by atoms with Crippen LogP contribution in [-0.4, -0.2) is 5.92 Å². The highest BCUT2D eigenvalue weighted by Crippen LogP contribution is 2.49. The molecule has 0 radical (unpaired) electrons. The van der Waals surface area contributed by atoms with Gasteiger partial charge in [-0.15, -0.1) is 0 Å².